The van der Waals surface area contributed by atoms with E-state index in [-0.39, 0.29) is 22.1 Å². The van der Waals surface area contributed by atoms with Crippen LogP contribution in [0.3, 0.4) is 0 Å². The second-order valence-electron chi connectivity index (χ2n) is 8.63. The van der Waals surface area contributed by atoms with Crippen molar-refractivity contribution in [1.29, 1.82) is 0 Å². The number of H-pyrrole nitrogens is 1. The SMILES string of the molecule is CC(C)c1ccc(-c2csc3nc(SCC(=O)Nc4ccc(S(=O)(=O)N(C)C)cc4)[nH]c(=O)c23)cc1. The van der Waals surface area contributed by atoms with E-state index in [9.17, 15) is 18.0 Å². The standard InChI is InChI=1S/C25H26N4O4S3/c1-15(2)16-5-7-17(8-6-16)20-13-34-24-22(20)23(31)27-25(28-24)35-14-21(30)26-18-9-11-19(12-10-18)36(32,33)29(3)4/h5-13,15H,14H2,1-4H3,(H,26,30)(H,27,28,31). The normalized spacial score (nSPS) is 11.9. The average Bonchev–Trinajstić information content (AvgIpc) is 3.28. The Balaban J connectivity index is 1.44. The summed E-state index contributed by atoms with van der Waals surface area (Å²) in [4.78, 5) is 33.4. The van der Waals surface area contributed by atoms with E-state index >= 15 is 0 Å². The largest absolute Gasteiger partial charge is 0.325 e. The Labute approximate surface area is 217 Å². The lowest BCUT2D eigenvalue weighted by Crippen LogP contribution is -2.22. The van der Waals surface area contributed by atoms with Crippen LogP contribution in [0.25, 0.3) is 21.3 Å². The maximum atomic E-state index is 12.9. The number of sulfonamides is 1. The molecule has 0 atom stereocenters. The molecule has 36 heavy (non-hydrogen) atoms. The number of nitrogens with zero attached hydrogens (tertiary/aromatic N) is 2. The van der Waals surface area contributed by atoms with Crippen molar-refractivity contribution in [3.63, 3.8) is 0 Å². The lowest BCUT2D eigenvalue weighted by molar-refractivity contribution is -0.113. The summed E-state index contributed by atoms with van der Waals surface area (Å²) >= 11 is 2.52. The molecule has 2 aromatic carbocycles. The number of rotatable bonds is 8. The molecule has 0 aliphatic carbocycles. The number of amides is 1. The highest BCUT2D eigenvalue weighted by atomic mass is 32.2. The Morgan fingerprint density at radius 1 is 1.11 bits per heavy atom. The van der Waals surface area contributed by atoms with Gasteiger partial charge in [-0.25, -0.2) is 17.7 Å². The molecule has 188 valence electrons. The molecule has 2 heterocycles. The zero-order valence-corrected chi connectivity index (χ0v) is 22.7. The highest BCUT2D eigenvalue weighted by Crippen LogP contribution is 2.32. The second-order valence-corrected chi connectivity index (χ2v) is 12.6. The Hall–Kier alpha value is -2.99. The number of nitrogens with one attached hydrogen (secondary N) is 2. The van der Waals surface area contributed by atoms with Crippen molar-refractivity contribution in [2.45, 2.75) is 29.8 Å². The minimum Gasteiger partial charge on any atom is -0.325 e. The Morgan fingerprint density at radius 3 is 2.39 bits per heavy atom. The number of thioether (sulfide) groups is 1. The van der Waals surface area contributed by atoms with Crippen LogP contribution in [-0.2, 0) is 14.8 Å². The summed E-state index contributed by atoms with van der Waals surface area (Å²) in [5.41, 5.74) is 3.26. The molecule has 1 amide bonds. The van der Waals surface area contributed by atoms with E-state index in [2.05, 4.69) is 41.3 Å². The van der Waals surface area contributed by atoms with E-state index in [0.717, 1.165) is 27.2 Å². The number of thiophene rings is 1. The first-order chi connectivity index (χ1) is 17.1. The van der Waals surface area contributed by atoms with Crippen molar-refractivity contribution < 1.29 is 13.2 Å². The molecule has 0 aliphatic heterocycles. The van der Waals surface area contributed by atoms with E-state index in [4.69, 9.17) is 0 Å². The van der Waals surface area contributed by atoms with Crippen LogP contribution in [0.4, 0.5) is 5.69 Å². The van der Waals surface area contributed by atoms with Crippen molar-refractivity contribution in [2.24, 2.45) is 0 Å². The van der Waals surface area contributed by atoms with E-state index in [1.54, 1.807) is 0 Å². The van der Waals surface area contributed by atoms with Gasteiger partial charge in [0.15, 0.2) is 5.16 Å². The highest BCUT2D eigenvalue weighted by molar-refractivity contribution is 7.99. The van der Waals surface area contributed by atoms with Crippen molar-refractivity contribution >= 4 is 54.9 Å². The maximum Gasteiger partial charge on any atom is 0.260 e. The quantitative estimate of drug-likeness (QED) is 0.245. The smallest absolute Gasteiger partial charge is 0.260 e. The van der Waals surface area contributed by atoms with Gasteiger partial charge in [0, 0.05) is 30.7 Å². The van der Waals surface area contributed by atoms with Crippen molar-refractivity contribution in [2.75, 3.05) is 25.2 Å². The van der Waals surface area contributed by atoms with E-state index in [1.165, 1.54) is 55.3 Å². The van der Waals surface area contributed by atoms with Gasteiger partial charge in [-0.3, -0.25) is 9.59 Å². The molecular formula is C25H26N4O4S3. The molecule has 0 spiro atoms. The van der Waals surface area contributed by atoms with Gasteiger partial charge in [-0.1, -0.05) is 49.9 Å². The fourth-order valence-corrected chi connectivity index (χ4v) is 6.08. The average molecular weight is 543 g/mol. The fourth-order valence-electron chi connectivity index (χ4n) is 3.51. The second kappa shape index (κ2) is 10.6. The molecular weight excluding hydrogens is 517 g/mol. The summed E-state index contributed by atoms with van der Waals surface area (Å²) in [5, 5.41) is 5.55. The van der Waals surface area contributed by atoms with Crippen LogP contribution in [0.2, 0.25) is 0 Å². The molecule has 0 saturated heterocycles. The van der Waals surface area contributed by atoms with Gasteiger partial charge in [0.1, 0.15) is 4.83 Å². The van der Waals surface area contributed by atoms with Crippen molar-refractivity contribution in [1.82, 2.24) is 14.3 Å². The molecule has 4 rings (SSSR count). The zero-order chi connectivity index (χ0) is 26.0. The fraction of sp³-hybridized carbons (Fsp3) is 0.240. The van der Waals surface area contributed by atoms with Crippen LogP contribution in [-0.4, -0.2) is 48.4 Å². The zero-order valence-electron chi connectivity index (χ0n) is 20.2. The highest BCUT2D eigenvalue weighted by Gasteiger charge is 2.17. The van der Waals surface area contributed by atoms with E-state index in [0.29, 0.717) is 27.0 Å². The third kappa shape index (κ3) is 5.54. The van der Waals surface area contributed by atoms with Crippen LogP contribution in [0, 0.1) is 0 Å². The molecule has 0 fully saturated rings. The van der Waals surface area contributed by atoms with Crippen LogP contribution in [0.1, 0.15) is 25.3 Å². The van der Waals surface area contributed by atoms with E-state index in [1.807, 2.05) is 17.5 Å². The van der Waals surface area contributed by atoms with Crippen LogP contribution in [0.15, 0.2) is 68.8 Å². The van der Waals surface area contributed by atoms with Gasteiger partial charge < -0.3 is 10.3 Å². The monoisotopic (exact) mass is 542 g/mol. The summed E-state index contributed by atoms with van der Waals surface area (Å²) in [7, 11) is -0.622. The number of carbonyl (C=O) groups excluding carboxylic acids is 1. The summed E-state index contributed by atoms with van der Waals surface area (Å²) in [6.45, 7) is 4.27. The number of hydrogen-bond donors (Lipinski definition) is 2. The molecule has 4 aromatic rings. The van der Waals surface area contributed by atoms with Crippen molar-refractivity contribution in [3.05, 3.63) is 69.8 Å². The number of aromatic nitrogens is 2. The summed E-state index contributed by atoms with van der Waals surface area (Å²) in [6, 6.07) is 14.1. The Kier molecular flexibility index (Phi) is 7.65. The van der Waals surface area contributed by atoms with Gasteiger partial charge >= 0.3 is 0 Å². The van der Waals surface area contributed by atoms with Gasteiger partial charge in [0.05, 0.1) is 16.0 Å². The molecule has 0 unspecified atom stereocenters. The molecule has 0 radical (unpaired) electrons. The lowest BCUT2D eigenvalue weighted by Gasteiger charge is -2.12. The van der Waals surface area contributed by atoms with Gasteiger partial charge in [0.25, 0.3) is 5.56 Å². The first kappa shape index (κ1) is 26.1. The van der Waals surface area contributed by atoms with Gasteiger partial charge in [0.2, 0.25) is 15.9 Å². The maximum absolute atomic E-state index is 12.9. The lowest BCUT2D eigenvalue weighted by atomic mass is 9.99. The number of aromatic amines is 1. The molecule has 0 aliphatic rings. The molecule has 0 saturated carbocycles. The summed E-state index contributed by atoms with van der Waals surface area (Å²) in [6.07, 6.45) is 0. The Morgan fingerprint density at radius 2 is 1.78 bits per heavy atom. The summed E-state index contributed by atoms with van der Waals surface area (Å²) in [5.74, 6) is 0.156. The number of carbonyl (C=O) groups is 1. The number of benzene rings is 2. The first-order valence-electron chi connectivity index (χ1n) is 11.1. The third-order valence-electron chi connectivity index (χ3n) is 5.57. The van der Waals surface area contributed by atoms with Gasteiger partial charge in [-0.15, -0.1) is 11.3 Å². The van der Waals surface area contributed by atoms with Crippen LogP contribution < -0.4 is 10.9 Å². The Bertz CT molecular complexity index is 1560. The number of anilines is 1. The van der Waals surface area contributed by atoms with Crippen molar-refractivity contribution in [3.8, 4) is 11.1 Å². The molecule has 0 bridgehead atoms. The predicted molar refractivity (Wildman–Crippen MR) is 146 cm³/mol. The minimum atomic E-state index is -3.54. The van der Waals surface area contributed by atoms with Gasteiger partial charge in [-0.05, 0) is 41.3 Å². The summed E-state index contributed by atoms with van der Waals surface area (Å²) < 4.78 is 25.5. The van der Waals surface area contributed by atoms with E-state index < -0.39 is 10.0 Å². The molecule has 2 N–H and O–H groups in total. The third-order valence-corrected chi connectivity index (χ3v) is 9.14. The topological polar surface area (TPSA) is 112 Å². The van der Waals surface area contributed by atoms with Crippen LogP contribution in [0.5, 0.6) is 0 Å². The van der Waals surface area contributed by atoms with Crippen LogP contribution >= 0.6 is 23.1 Å². The predicted octanol–water partition coefficient (Wildman–Crippen LogP) is 4.76. The molecule has 8 nitrogen and oxygen atoms in total. The van der Waals surface area contributed by atoms with Gasteiger partial charge in [-0.2, -0.15) is 0 Å². The first-order valence-corrected chi connectivity index (χ1v) is 14.4. The number of hydrogen-bond acceptors (Lipinski definition) is 7. The number of fused-ring (bicyclic) bond motifs is 1. The molecule has 2 aromatic heterocycles. The molecule has 11 heteroatoms. The minimum absolute atomic E-state index is 0.0289.